The highest BCUT2D eigenvalue weighted by atomic mass is 32.1. The minimum Gasteiger partial charge on any atom is -0.352 e. The van der Waals surface area contributed by atoms with Gasteiger partial charge in [-0.25, -0.2) is 0 Å². The lowest BCUT2D eigenvalue weighted by atomic mass is 9.84. The fourth-order valence-electron chi connectivity index (χ4n) is 2.88. The molecule has 2 unspecified atom stereocenters. The van der Waals surface area contributed by atoms with Crippen molar-refractivity contribution in [2.75, 3.05) is 26.7 Å². The second-order valence-electron chi connectivity index (χ2n) is 8.50. The van der Waals surface area contributed by atoms with E-state index < -0.39 is 4.75 Å². The highest BCUT2D eigenvalue weighted by molar-refractivity contribution is 7.82. The van der Waals surface area contributed by atoms with Gasteiger partial charge in [-0.2, -0.15) is 12.6 Å². The van der Waals surface area contributed by atoms with Crippen LogP contribution in [-0.4, -0.2) is 47.9 Å². The zero-order valence-electron chi connectivity index (χ0n) is 16.1. The smallest absolute Gasteiger partial charge is 0.235 e. The van der Waals surface area contributed by atoms with Gasteiger partial charge in [0.15, 0.2) is 0 Å². The molecule has 0 aromatic heterocycles. The second-order valence-corrected chi connectivity index (χ2v) is 9.49. The molecule has 3 nitrogen and oxygen atoms in total. The van der Waals surface area contributed by atoms with Crippen molar-refractivity contribution in [1.82, 2.24) is 5.32 Å². The van der Waals surface area contributed by atoms with E-state index in [1.54, 1.807) is 0 Å². The summed E-state index contributed by atoms with van der Waals surface area (Å²) in [4.78, 5) is 12.4. The molecule has 0 aromatic carbocycles. The number of carbonyl (C=O) groups is 1. The van der Waals surface area contributed by atoms with E-state index in [2.05, 4.69) is 66.5 Å². The van der Waals surface area contributed by atoms with Crippen molar-refractivity contribution in [2.24, 2.45) is 5.41 Å². The van der Waals surface area contributed by atoms with Crippen LogP contribution in [0.2, 0.25) is 0 Å². The summed E-state index contributed by atoms with van der Waals surface area (Å²) in [6.07, 6.45) is 2.93. The zero-order chi connectivity index (χ0) is 17.6. The van der Waals surface area contributed by atoms with Crippen molar-refractivity contribution in [1.29, 1.82) is 0 Å². The molecule has 0 aliphatic rings. The number of quaternary nitrogens is 1. The molecule has 2 atom stereocenters. The number of hydrogen-bond donors (Lipinski definition) is 2. The van der Waals surface area contributed by atoms with Crippen molar-refractivity contribution < 1.29 is 9.28 Å². The third kappa shape index (κ3) is 8.42. The maximum absolute atomic E-state index is 12.4. The summed E-state index contributed by atoms with van der Waals surface area (Å²) in [5.74, 6) is 0.0569. The Morgan fingerprint density at radius 1 is 1.18 bits per heavy atom. The molecule has 0 fully saturated rings. The monoisotopic (exact) mass is 331 g/mol. The molecule has 22 heavy (non-hydrogen) atoms. The molecule has 0 heterocycles. The van der Waals surface area contributed by atoms with Gasteiger partial charge in [0.05, 0.1) is 31.4 Å². The van der Waals surface area contributed by atoms with Gasteiger partial charge in [-0.15, -0.1) is 0 Å². The lowest BCUT2D eigenvalue weighted by molar-refractivity contribution is -0.906. The largest absolute Gasteiger partial charge is 0.352 e. The molecule has 0 spiro atoms. The van der Waals surface area contributed by atoms with Gasteiger partial charge in [0.25, 0.3) is 0 Å². The summed E-state index contributed by atoms with van der Waals surface area (Å²) in [7, 11) is 2.30. The first-order valence-electron chi connectivity index (χ1n) is 8.72. The number of nitrogens with one attached hydrogen (secondary N) is 1. The molecule has 0 aliphatic heterocycles. The minimum atomic E-state index is -0.607. The Morgan fingerprint density at radius 2 is 1.68 bits per heavy atom. The van der Waals surface area contributed by atoms with Gasteiger partial charge >= 0.3 is 0 Å². The molecule has 0 rings (SSSR count). The van der Waals surface area contributed by atoms with Crippen molar-refractivity contribution >= 4 is 18.5 Å². The van der Waals surface area contributed by atoms with Gasteiger partial charge < -0.3 is 9.80 Å². The third-order valence-electron chi connectivity index (χ3n) is 4.60. The summed E-state index contributed by atoms with van der Waals surface area (Å²) < 4.78 is 0.499. The molecule has 1 N–H and O–H groups in total. The van der Waals surface area contributed by atoms with Crippen LogP contribution in [0.25, 0.3) is 0 Å². The fraction of sp³-hybridized carbons (Fsp3) is 0.944. The Kier molecular flexibility index (Phi) is 8.50. The molecule has 0 saturated heterocycles. The highest BCUT2D eigenvalue weighted by Crippen LogP contribution is 2.31. The van der Waals surface area contributed by atoms with Crippen LogP contribution in [0.3, 0.4) is 0 Å². The van der Waals surface area contributed by atoms with Crippen LogP contribution in [-0.2, 0) is 4.79 Å². The number of carbonyl (C=O) groups excluding carboxylic acids is 1. The molecule has 132 valence electrons. The van der Waals surface area contributed by atoms with E-state index in [0.29, 0.717) is 0 Å². The van der Waals surface area contributed by atoms with Crippen LogP contribution < -0.4 is 5.32 Å². The summed E-state index contributed by atoms with van der Waals surface area (Å²) >= 11 is 4.60. The lowest BCUT2D eigenvalue weighted by Gasteiger charge is -2.33. The van der Waals surface area contributed by atoms with Gasteiger partial charge in [-0.05, 0) is 52.4 Å². The molecule has 0 aromatic rings. The van der Waals surface area contributed by atoms with Crippen molar-refractivity contribution in [2.45, 2.75) is 78.5 Å². The van der Waals surface area contributed by atoms with Crippen LogP contribution >= 0.6 is 12.6 Å². The van der Waals surface area contributed by atoms with Gasteiger partial charge in [0.2, 0.25) is 5.91 Å². The highest BCUT2D eigenvalue weighted by Gasteiger charge is 2.34. The number of hydrogen-bond acceptors (Lipinski definition) is 2. The predicted molar refractivity (Wildman–Crippen MR) is 100 cm³/mol. The average Bonchev–Trinajstić information content (AvgIpc) is 2.35. The van der Waals surface area contributed by atoms with Gasteiger partial charge in [-0.3, -0.25) is 4.79 Å². The summed E-state index contributed by atoms with van der Waals surface area (Å²) in [6, 6.07) is 0.209. The van der Waals surface area contributed by atoms with E-state index in [-0.39, 0.29) is 17.4 Å². The minimum absolute atomic E-state index is 0.0569. The van der Waals surface area contributed by atoms with E-state index in [0.717, 1.165) is 36.8 Å². The second kappa shape index (κ2) is 8.58. The van der Waals surface area contributed by atoms with E-state index in [4.69, 9.17) is 0 Å². The number of nitrogens with zero attached hydrogens (tertiary/aromatic N) is 1. The number of rotatable bonds is 9. The molecule has 0 saturated carbocycles. The van der Waals surface area contributed by atoms with Crippen molar-refractivity contribution in [3.05, 3.63) is 0 Å². The molecule has 0 radical (unpaired) electrons. The average molecular weight is 332 g/mol. The summed E-state index contributed by atoms with van der Waals surface area (Å²) in [6.45, 7) is 18.4. The lowest BCUT2D eigenvalue weighted by Crippen LogP contribution is -2.47. The summed E-state index contributed by atoms with van der Waals surface area (Å²) in [5, 5.41) is 3.14. The maximum atomic E-state index is 12.4. The Bertz CT molecular complexity index is 343. The van der Waals surface area contributed by atoms with Crippen LogP contribution in [0, 0.1) is 5.41 Å². The maximum Gasteiger partial charge on any atom is 0.235 e. The Hall–Kier alpha value is -0.220. The SMILES string of the molecule is CC[N+](C)(CC)CCCC(C)NC(=O)C(C)(S)CC(C)(C)C. The van der Waals surface area contributed by atoms with Crippen LogP contribution in [0.15, 0.2) is 0 Å². The number of thiol groups is 1. The Morgan fingerprint density at radius 3 is 2.09 bits per heavy atom. The van der Waals surface area contributed by atoms with Crippen LogP contribution in [0.5, 0.6) is 0 Å². The topological polar surface area (TPSA) is 29.1 Å². The first kappa shape index (κ1) is 21.8. The van der Waals surface area contributed by atoms with Gasteiger partial charge in [0.1, 0.15) is 0 Å². The quantitative estimate of drug-likeness (QED) is 0.487. The zero-order valence-corrected chi connectivity index (χ0v) is 17.0. The third-order valence-corrected chi connectivity index (χ3v) is 4.96. The fourth-order valence-corrected chi connectivity index (χ4v) is 3.42. The predicted octanol–water partition coefficient (Wildman–Crippen LogP) is 3.88. The van der Waals surface area contributed by atoms with Crippen molar-refractivity contribution in [3.8, 4) is 0 Å². The molecule has 4 heteroatoms. The molecule has 1 amide bonds. The normalized spacial score (nSPS) is 17.0. The van der Waals surface area contributed by atoms with E-state index in [9.17, 15) is 4.79 Å². The Labute approximate surface area is 144 Å². The number of amides is 1. The van der Waals surface area contributed by atoms with E-state index in [1.165, 1.54) is 6.54 Å². The standard InChI is InChI=1S/C18H38N2OS/c1-9-20(8,10-2)13-11-12-15(3)19-16(21)18(7,22)14-17(4,5)6/h15H,9-14H2,1-8H3,(H-,19,21,22)/p+1. The van der Waals surface area contributed by atoms with Crippen LogP contribution in [0.1, 0.15) is 67.7 Å². The van der Waals surface area contributed by atoms with Gasteiger partial charge in [0, 0.05) is 6.04 Å². The van der Waals surface area contributed by atoms with Crippen LogP contribution in [0.4, 0.5) is 0 Å². The molecule has 0 bridgehead atoms. The van der Waals surface area contributed by atoms with E-state index >= 15 is 0 Å². The van der Waals surface area contributed by atoms with Crippen molar-refractivity contribution in [3.63, 3.8) is 0 Å². The van der Waals surface area contributed by atoms with Gasteiger partial charge in [-0.1, -0.05) is 20.8 Å². The first-order chi connectivity index (χ1) is 9.85. The molecular weight excluding hydrogens is 292 g/mol. The first-order valence-corrected chi connectivity index (χ1v) is 9.17. The molecule has 0 aliphatic carbocycles. The van der Waals surface area contributed by atoms with E-state index in [1.807, 2.05) is 6.92 Å². The Balaban J connectivity index is 4.31. The summed E-state index contributed by atoms with van der Waals surface area (Å²) in [5.41, 5.74) is 0.0959. The molecular formula is C18H39N2OS+.